The number of Topliss-reactive ketones (excluding diaryl/α,β-unsaturated/α-hetero) is 1. The van der Waals surface area contributed by atoms with Crippen LogP contribution in [0.3, 0.4) is 0 Å². The summed E-state index contributed by atoms with van der Waals surface area (Å²) >= 11 is 0. The highest BCUT2D eigenvalue weighted by Crippen LogP contribution is 2.22. The van der Waals surface area contributed by atoms with Crippen molar-refractivity contribution in [2.45, 2.75) is 49.8 Å². The number of sulfonamides is 1. The molecule has 3 atom stereocenters. The molecule has 0 unspecified atom stereocenters. The lowest BCUT2D eigenvalue weighted by molar-refractivity contribution is -0.128. The van der Waals surface area contributed by atoms with Crippen molar-refractivity contribution in [2.24, 2.45) is 5.92 Å². The number of nitrogen functional groups attached to an aromatic ring is 1. The molecule has 12 nitrogen and oxygen atoms in total. The van der Waals surface area contributed by atoms with E-state index in [-0.39, 0.29) is 48.9 Å². The summed E-state index contributed by atoms with van der Waals surface area (Å²) in [5.74, 6) is -0.133. The summed E-state index contributed by atoms with van der Waals surface area (Å²) in [6.07, 6.45) is -0.979. The van der Waals surface area contributed by atoms with Crippen LogP contribution in [-0.2, 0) is 35.4 Å². The van der Waals surface area contributed by atoms with Crippen LogP contribution in [0.5, 0.6) is 0 Å². The Morgan fingerprint density at radius 3 is 2.37 bits per heavy atom. The smallest absolute Gasteiger partial charge is 0.407 e. The molecule has 3 N–H and O–H groups in total. The number of alkyl carbamates (subject to hydrolysis) is 1. The fraction of sp³-hybridized carbons (Fsp3) is 0.576. The van der Waals surface area contributed by atoms with Gasteiger partial charge in [-0.1, -0.05) is 44.2 Å². The maximum absolute atomic E-state index is 14.0. The number of hydrogen-bond acceptors (Lipinski definition) is 10. The number of carbonyl (C=O) groups is 2. The highest BCUT2D eigenvalue weighted by molar-refractivity contribution is 7.89. The molecule has 0 saturated carbocycles. The molecule has 0 bridgehead atoms. The number of anilines is 1. The second-order valence-electron chi connectivity index (χ2n) is 12.6. The van der Waals surface area contributed by atoms with Crippen LogP contribution in [0.25, 0.3) is 0 Å². The number of piperazine rings is 1. The number of ether oxygens (including phenoxy) is 3. The topological polar surface area (TPSA) is 144 Å². The molecule has 2 aliphatic heterocycles. The van der Waals surface area contributed by atoms with Gasteiger partial charge in [-0.2, -0.15) is 4.31 Å². The molecule has 0 aliphatic carbocycles. The third-order valence-corrected chi connectivity index (χ3v) is 9.98. The van der Waals surface area contributed by atoms with Gasteiger partial charge in [0.2, 0.25) is 10.0 Å². The van der Waals surface area contributed by atoms with Gasteiger partial charge in [-0.25, -0.2) is 13.2 Å². The third kappa shape index (κ3) is 11.0. The zero-order valence-corrected chi connectivity index (χ0v) is 28.0. The highest BCUT2D eigenvalue weighted by Gasteiger charge is 2.34. The van der Waals surface area contributed by atoms with Crippen molar-refractivity contribution in [1.82, 2.24) is 19.4 Å². The molecule has 254 valence electrons. The van der Waals surface area contributed by atoms with Crippen molar-refractivity contribution in [3.8, 4) is 0 Å². The first-order chi connectivity index (χ1) is 22.0. The number of hydrogen-bond donors (Lipinski definition) is 2. The Balaban J connectivity index is 1.61. The normalized spacial score (nSPS) is 19.3. The summed E-state index contributed by atoms with van der Waals surface area (Å²) in [6.45, 7) is 8.12. The molecule has 0 spiro atoms. The van der Waals surface area contributed by atoms with Crippen LogP contribution in [0.2, 0.25) is 0 Å². The number of likely N-dealkylation sites (N-methyl/N-ethyl adjacent to an activating group) is 1. The second kappa shape index (κ2) is 17.2. The van der Waals surface area contributed by atoms with Gasteiger partial charge in [0.1, 0.15) is 12.7 Å². The molecule has 2 saturated heterocycles. The molecule has 2 aromatic carbocycles. The number of nitrogens with zero attached hydrogens (tertiary/aromatic N) is 3. The minimum atomic E-state index is -3.99. The molecule has 2 heterocycles. The first-order valence-electron chi connectivity index (χ1n) is 16.0. The minimum absolute atomic E-state index is 0.0177. The number of nitrogens with two attached hydrogens (primary N) is 1. The van der Waals surface area contributed by atoms with E-state index in [9.17, 15) is 18.0 Å². The monoisotopic (exact) mass is 659 g/mol. The molecule has 2 aliphatic rings. The maximum atomic E-state index is 14.0. The summed E-state index contributed by atoms with van der Waals surface area (Å²) in [7, 11) is -1.93. The van der Waals surface area contributed by atoms with Crippen LogP contribution in [0.1, 0.15) is 25.8 Å². The Morgan fingerprint density at radius 2 is 1.74 bits per heavy atom. The van der Waals surface area contributed by atoms with Crippen molar-refractivity contribution in [1.29, 1.82) is 0 Å². The van der Waals surface area contributed by atoms with Crippen LogP contribution < -0.4 is 11.1 Å². The molecule has 46 heavy (non-hydrogen) atoms. The van der Waals surface area contributed by atoms with E-state index in [1.54, 1.807) is 12.1 Å². The molecule has 2 aromatic rings. The van der Waals surface area contributed by atoms with E-state index in [1.807, 2.05) is 44.2 Å². The van der Waals surface area contributed by atoms with E-state index in [0.717, 1.165) is 31.7 Å². The Morgan fingerprint density at radius 1 is 1.04 bits per heavy atom. The Labute approximate surface area is 273 Å². The first kappa shape index (κ1) is 35.8. The van der Waals surface area contributed by atoms with Crippen LogP contribution in [0, 0.1) is 5.92 Å². The Kier molecular flexibility index (Phi) is 13.4. The summed E-state index contributed by atoms with van der Waals surface area (Å²) in [6, 6.07) is 14.9. The minimum Gasteiger partial charge on any atom is -0.444 e. The summed E-state index contributed by atoms with van der Waals surface area (Å²) < 4.78 is 46.7. The molecule has 4 rings (SSSR count). The van der Waals surface area contributed by atoms with Crippen LogP contribution >= 0.6 is 0 Å². The van der Waals surface area contributed by atoms with Gasteiger partial charge in [0.15, 0.2) is 5.78 Å². The predicted octanol–water partition coefficient (Wildman–Crippen LogP) is 2.24. The van der Waals surface area contributed by atoms with Crippen LogP contribution in [0.4, 0.5) is 10.5 Å². The van der Waals surface area contributed by atoms with Crippen molar-refractivity contribution >= 4 is 27.6 Å². The average Bonchev–Trinajstić information content (AvgIpc) is 3.53. The molecule has 2 fully saturated rings. The van der Waals surface area contributed by atoms with Crippen molar-refractivity contribution < 1.29 is 32.2 Å². The van der Waals surface area contributed by atoms with Gasteiger partial charge < -0.3 is 30.2 Å². The SMILES string of the molecule is CC(C)CN(C[C@@H](OCC(=O)CN1CCN(C)CC1)[C@H](Cc1ccccc1)NC(=O)O[C@H]1CCOC1)S(=O)(=O)c1ccc(N)cc1. The number of amides is 1. The largest absolute Gasteiger partial charge is 0.444 e. The number of carbonyl (C=O) groups excluding carboxylic acids is 2. The molecular formula is C33H49N5O7S. The van der Waals surface area contributed by atoms with Gasteiger partial charge in [0.25, 0.3) is 0 Å². The molecule has 13 heteroatoms. The molecular weight excluding hydrogens is 610 g/mol. The number of benzene rings is 2. The first-order valence-corrected chi connectivity index (χ1v) is 17.4. The molecule has 0 radical (unpaired) electrons. The van der Waals surface area contributed by atoms with Gasteiger partial charge in [0.05, 0.1) is 36.8 Å². The van der Waals surface area contributed by atoms with E-state index in [4.69, 9.17) is 19.9 Å². The van der Waals surface area contributed by atoms with E-state index in [1.165, 1.54) is 16.4 Å². The zero-order chi connectivity index (χ0) is 33.1. The van der Waals surface area contributed by atoms with Crippen molar-refractivity contribution in [3.05, 3.63) is 60.2 Å². The maximum Gasteiger partial charge on any atom is 0.407 e. The van der Waals surface area contributed by atoms with E-state index < -0.39 is 28.3 Å². The van der Waals surface area contributed by atoms with E-state index >= 15 is 0 Å². The van der Waals surface area contributed by atoms with Gasteiger partial charge in [-0.15, -0.1) is 0 Å². The lowest BCUT2D eigenvalue weighted by Crippen LogP contribution is -2.53. The lowest BCUT2D eigenvalue weighted by Gasteiger charge is -2.34. The molecule has 0 aromatic heterocycles. The molecule has 1 amide bonds. The van der Waals surface area contributed by atoms with Crippen LogP contribution in [0.15, 0.2) is 59.5 Å². The Bertz CT molecular complexity index is 1350. The fourth-order valence-electron chi connectivity index (χ4n) is 5.55. The van der Waals surface area contributed by atoms with Crippen molar-refractivity contribution in [2.75, 3.05) is 78.4 Å². The van der Waals surface area contributed by atoms with E-state index in [0.29, 0.717) is 31.7 Å². The number of rotatable bonds is 16. The van der Waals surface area contributed by atoms with Crippen molar-refractivity contribution in [3.63, 3.8) is 0 Å². The summed E-state index contributed by atoms with van der Waals surface area (Å²) in [4.78, 5) is 30.8. The van der Waals surface area contributed by atoms with Gasteiger partial charge >= 0.3 is 6.09 Å². The predicted molar refractivity (Wildman–Crippen MR) is 176 cm³/mol. The quantitative estimate of drug-likeness (QED) is 0.258. The summed E-state index contributed by atoms with van der Waals surface area (Å²) in [5.41, 5.74) is 7.20. The standard InChI is InChI=1S/C33H49N5O7S/c1-25(2)20-38(46(41,42)30-11-9-27(34)10-12-30)22-32(44-23-28(39)21-37-16-14-36(3)15-17-37)31(19-26-7-5-4-6-8-26)35-33(40)45-29-13-18-43-24-29/h4-12,25,29,31-32H,13-24,34H2,1-3H3,(H,35,40)/t29-,31-,32+/m0/s1. The van der Waals surface area contributed by atoms with Crippen LogP contribution in [-0.4, -0.2) is 125 Å². The fourth-order valence-corrected chi connectivity index (χ4v) is 7.17. The Hall–Kier alpha value is -3.07. The third-order valence-electron chi connectivity index (χ3n) is 8.14. The second-order valence-corrected chi connectivity index (χ2v) is 14.5. The zero-order valence-electron chi connectivity index (χ0n) is 27.2. The van der Waals surface area contributed by atoms with Gasteiger partial charge in [-0.3, -0.25) is 9.69 Å². The van der Waals surface area contributed by atoms with E-state index in [2.05, 4.69) is 22.2 Å². The highest BCUT2D eigenvalue weighted by atomic mass is 32.2. The number of ketones is 1. The average molecular weight is 660 g/mol. The lowest BCUT2D eigenvalue weighted by atomic mass is 10.0. The van der Waals surface area contributed by atoms with Gasteiger partial charge in [0, 0.05) is 51.4 Å². The van der Waals surface area contributed by atoms with Gasteiger partial charge in [-0.05, 0) is 49.2 Å². The summed E-state index contributed by atoms with van der Waals surface area (Å²) in [5, 5.41) is 2.95. The number of nitrogens with one attached hydrogen (secondary N) is 1.